The molecule has 2 aliphatic rings. The molecule has 1 saturated heterocycles. The molecule has 11 heteroatoms. The lowest BCUT2D eigenvalue weighted by molar-refractivity contribution is -0.131. The van der Waals surface area contributed by atoms with E-state index in [-0.39, 0.29) is 55.6 Å². The van der Waals surface area contributed by atoms with Crippen molar-refractivity contribution in [2.24, 2.45) is 0 Å². The minimum atomic E-state index is -1.28. The van der Waals surface area contributed by atoms with Crippen molar-refractivity contribution in [1.29, 1.82) is 0 Å². The first-order chi connectivity index (χ1) is 15.8. The summed E-state index contributed by atoms with van der Waals surface area (Å²) in [5.74, 6) is -0.293. The SMILES string of the molecule is Cc1c(Br)ccc2c3oc(CNC(=O)C4(NC(=O)O)CCOCC4)nc3c(=O)n(C3CC3)c12. The maximum atomic E-state index is 13.3. The van der Waals surface area contributed by atoms with E-state index < -0.39 is 17.5 Å². The van der Waals surface area contributed by atoms with E-state index >= 15 is 0 Å². The number of fused-ring (bicyclic) bond motifs is 3. The van der Waals surface area contributed by atoms with Gasteiger partial charge in [-0.25, -0.2) is 9.78 Å². The van der Waals surface area contributed by atoms with E-state index in [9.17, 15) is 19.5 Å². The lowest BCUT2D eigenvalue weighted by Gasteiger charge is -2.35. The second kappa shape index (κ2) is 8.14. The number of aryl methyl sites for hydroxylation is 1. The summed E-state index contributed by atoms with van der Waals surface area (Å²) in [7, 11) is 0. The Kier molecular flexibility index (Phi) is 5.40. The van der Waals surface area contributed by atoms with E-state index in [1.165, 1.54) is 0 Å². The van der Waals surface area contributed by atoms with Gasteiger partial charge in [0, 0.05) is 42.0 Å². The number of nitrogens with one attached hydrogen (secondary N) is 2. The van der Waals surface area contributed by atoms with Gasteiger partial charge in [-0.1, -0.05) is 15.9 Å². The molecule has 0 radical (unpaired) electrons. The highest BCUT2D eigenvalue weighted by Crippen LogP contribution is 2.39. The van der Waals surface area contributed by atoms with E-state index in [0.29, 0.717) is 5.58 Å². The summed E-state index contributed by atoms with van der Waals surface area (Å²) in [6.45, 7) is 2.44. The third-order valence-electron chi connectivity index (χ3n) is 6.38. The number of hydrogen-bond donors (Lipinski definition) is 3. The number of carboxylic acid groups (broad SMARTS) is 1. The number of oxazole rings is 1. The van der Waals surface area contributed by atoms with E-state index in [2.05, 4.69) is 31.5 Å². The van der Waals surface area contributed by atoms with E-state index in [1.807, 2.05) is 19.1 Å². The van der Waals surface area contributed by atoms with Crippen LogP contribution in [0.25, 0.3) is 22.0 Å². The first-order valence-corrected chi connectivity index (χ1v) is 11.6. The van der Waals surface area contributed by atoms with Gasteiger partial charge in [0.2, 0.25) is 11.8 Å². The van der Waals surface area contributed by atoms with Gasteiger partial charge in [-0.05, 0) is 37.5 Å². The average molecular weight is 519 g/mol. The van der Waals surface area contributed by atoms with Crippen molar-refractivity contribution in [2.45, 2.75) is 50.7 Å². The Hall–Kier alpha value is -2.92. The van der Waals surface area contributed by atoms with Crippen LogP contribution in [0.5, 0.6) is 0 Å². The van der Waals surface area contributed by atoms with Crippen LogP contribution in [0.1, 0.15) is 43.2 Å². The van der Waals surface area contributed by atoms with Crippen LogP contribution in [-0.4, -0.2) is 45.4 Å². The number of aromatic nitrogens is 2. The fraction of sp³-hybridized carbons (Fsp3) is 0.455. The van der Waals surface area contributed by atoms with Crippen molar-refractivity contribution in [2.75, 3.05) is 13.2 Å². The second-order valence-electron chi connectivity index (χ2n) is 8.57. The van der Waals surface area contributed by atoms with Crippen LogP contribution >= 0.6 is 15.9 Å². The largest absolute Gasteiger partial charge is 0.465 e. The predicted octanol–water partition coefficient (Wildman–Crippen LogP) is 2.98. The van der Waals surface area contributed by atoms with Crippen LogP contribution in [-0.2, 0) is 16.1 Å². The molecule has 174 valence electrons. The highest BCUT2D eigenvalue weighted by molar-refractivity contribution is 9.10. The first kappa shape index (κ1) is 21.9. The highest BCUT2D eigenvalue weighted by Gasteiger charge is 2.41. The number of rotatable bonds is 5. The number of ether oxygens (including phenoxy) is 1. The normalized spacial score (nSPS) is 17.9. The minimum Gasteiger partial charge on any atom is -0.465 e. The smallest absolute Gasteiger partial charge is 0.405 e. The molecule has 2 fully saturated rings. The van der Waals surface area contributed by atoms with Crippen molar-refractivity contribution in [3.05, 3.63) is 38.4 Å². The van der Waals surface area contributed by atoms with Crippen LogP contribution in [0.4, 0.5) is 4.79 Å². The van der Waals surface area contributed by atoms with Crippen molar-refractivity contribution < 1.29 is 23.8 Å². The molecular formula is C22H23BrN4O6. The number of carbonyl (C=O) groups excluding carboxylic acids is 1. The standard InChI is InChI=1S/C22H23BrN4O6/c1-11-14(23)5-4-13-17(11)27(12-2-3-12)19(28)16-18(13)33-15(25-16)10-24-20(29)22(26-21(30)31)6-8-32-9-7-22/h4-5,12,26H,2-3,6-10H2,1H3,(H,24,29)(H,30,31). The third kappa shape index (κ3) is 3.78. The lowest BCUT2D eigenvalue weighted by Crippen LogP contribution is -2.60. The molecule has 5 rings (SSSR count). The summed E-state index contributed by atoms with van der Waals surface area (Å²) in [6.07, 6.45) is 1.06. The number of nitrogens with zero attached hydrogens (tertiary/aromatic N) is 2. The maximum absolute atomic E-state index is 13.3. The van der Waals surface area contributed by atoms with Gasteiger partial charge in [-0.15, -0.1) is 0 Å². The Morgan fingerprint density at radius 2 is 2.03 bits per heavy atom. The molecular weight excluding hydrogens is 496 g/mol. The minimum absolute atomic E-state index is 0.0721. The van der Waals surface area contributed by atoms with Crippen LogP contribution in [0.2, 0.25) is 0 Å². The van der Waals surface area contributed by atoms with Gasteiger partial charge in [0.25, 0.3) is 5.56 Å². The molecule has 1 saturated carbocycles. The average Bonchev–Trinajstić information content (AvgIpc) is 3.53. The lowest BCUT2D eigenvalue weighted by atomic mass is 9.89. The molecule has 1 aliphatic heterocycles. The summed E-state index contributed by atoms with van der Waals surface area (Å²) >= 11 is 3.55. The Balaban J connectivity index is 1.50. The monoisotopic (exact) mass is 518 g/mol. The Bertz CT molecular complexity index is 1340. The topological polar surface area (TPSA) is 136 Å². The number of halogens is 1. The van der Waals surface area contributed by atoms with Crippen LogP contribution in [0.15, 0.2) is 25.8 Å². The van der Waals surface area contributed by atoms with Gasteiger partial charge in [0.05, 0.1) is 12.1 Å². The van der Waals surface area contributed by atoms with Crippen molar-refractivity contribution in [3.63, 3.8) is 0 Å². The molecule has 2 aromatic heterocycles. The Morgan fingerprint density at radius 1 is 1.30 bits per heavy atom. The zero-order valence-electron chi connectivity index (χ0n) is 17.9. The summed E-state index contributed by atoms with van der Waals surface area (Å²) in [5.41, 5.74) is 0.899. The van der Waals surface area contributed by atoms with Crippen molar-refractivity contribution in [3.8, 4) is 0 Å². The van der Waals surface area contributed by atoms with Gasteiger partial charge in [-0.3, -0.25) is 9.59 Å². The molecule has 33 heavy (non-hydrogen) atoms. The number of carbonyl (C=O) groups is 2. The first-order valence-electron chi connectivity index (χ1n) is 10.8. The zero-order valence-corrected chi connectivity index (χ0v) is 19.5. The van der Waals surface area contributed by atoms with Gasteiger partial charge in [0.1, 0.15) is 5.54 Å². The van der Waals surface area contributed by atoms with Crippen LogP contribution < -0.4 is 16.2 Å². The highest BCUT2D eigenvalue weighted by atomic mass is 79.9. The van der Waals surface area contributed by atoms with Gasteiger partial charge >= 0.3 is 6.09 Å². The van der Waals surface area contributed by atoms with Crippen LogP contribution in [0, 0.1) is 6.92 Å². The van der Waals surface area contributed by atoms with E-state index in [0.717, 1.165) is 33.8 Å². The number of benzene rings is 1. The van der Waals surface area contributed by atoms with Crippen molar-refractivity contribution in [1.82, 2.24) is 20.2 Å². The zero-order chi connectivity index (χ0) is 23.3. The summed E-state index contributed by atoms with van der Waals surface area (Å²) in [6, 6.07) is 3.96. The number of pyridine rings is 1. The third-order valence-corrected chi connectivity index (χ3v) is 7.24. The molecule has 3 N–H and O–H groups in total. The van der Waals surface area contributed by atoms with Gasteiger partial charge in [0.15, 0.2) is 11.1 Å². The molecule has 2 amide bonds. The molecule has 10 nitrogen and oxygen atoms in total. The van der Waals surface area contributed by atoms with Crippen LogP contribution in [0.3, 0.4) is 0 Å². The molecule has 1 aliphatic carbocycles. The number of amides is 2. The molecule has 1 aromatic carbocycles. The fourth-order valence-electron chi connectivity index (χ4n) is 4.49. The Labute approximate surface area is 196 Å². The van der Waals surface area contributed by atoms with E-state index in [1.54, 1.807) is 4.57 Å². The predicted molar refractivity (Wildman–Crippen MR) is 122 cm³/mol. The van der Waals surface area contributed by atoms with Gasteiger partial charge < -0.3 is 29.5 Å². The fourth-order valence-corrected chi connectivity index (χ4v) is 4.81. The maximum Gasteiger partial charge on any atom is 0.405 e. The quantitative estimate of drug-likeness (QED) is 0.472. The summed E-state index contributed by atoms with van der Waals surface area (Å²) in [4.78, 5) is 41.9. The molecule has 3 heterocycles. The molecule has 0 atom stereocenters. The molecule has 0 unspecified atom stereocenters. The van der Waals surface area contributed by atoms with Gasteiger partial charge in [-0.2, -0.15) is 0 Å². The van der Waals surface area contributed by atoms with E-state index in [4.69, 9.17) is 9.15 Å². The second-order valence-corrected chi connectivity index (χ2v) is 9.42. The van der Waals surface area contributed by atoms with Crippen molar-refractivity contribution >= 4 is 49.9 Å². The molecule has 3 aromatic rings. The Morgan fingerprint density at radius 3 is 2.70 bits per heavy atom. The molecule has 0 bridgehead atoms. The summed E-state index contributed by atoms with van der Waals surface area (Å²) in [5, 5.41) is 15.1. The summed E-state index contributed by atoms with van der Waals surface area (Å²) < 4.78 is 13.9. The molecule has 0 spiro atoms. The number of hydrogen-bond acceptors (Lipinski definition) is 6.